The van der Waals surface area contributed by atoms with Crippen LogP contribution in [0.2, 0.25) is 0 Å². The summed E-state index contributed by atoms with van der Waals surface area (Å²) in [7, 11) is 0. The Hall–Kier alpha value is -3.74. The average Bonchev–Trinajstić information content (AvgIpc) is 3.16. The SMILES string of the molecule is O=C(Nc1ccccc1)Nc1ccc(NCc2ccc3c(c2)OCO3)nc1. The largest absolute Gasteiger partial charge is 0.454 e. The summed E-state index contributed by atoms with van der Waals surface area (Å²) in [5.41, 5.74) is 2.40. The van der Waals surface area contributed by atoms with Crippen LogP contribution in [0.4, 0.5) is 22.0 Å². The molecule has 0 unspecified atom stereocenters. The van der Waals surface area contributed by atoms with Crippen LogP contribution in [0, 0.1) is 0 Å². The topological polar surface area (TPSA) is 84.5 Å². The number of para-hydroxylation sites is 1. The molecule has 4 rings (SSSR count). The minimum absolute atomic E-state index is 0.264. The Kier molecular flexibility index (Phi) is 4.74. The minimum atomic E-state index is -0.316. The van der Waals surface area contributed by atoms with Gasteiger partial charge in [0, 0.05) is 12.2 Å². The van der Waals surface area contributed by atoms with E-state index in [4.69, 9.17) is 9.47 Å². The fourth-order valence-electron chi connectivity index (χ4n) is 2.63. The van der Waals surface area contributed by atoms with Gasteiger partial charge in [-0.25, -0.2) is 9.78 Å². The Balaban J connectivity index is 1.30. The summed E-state index contributed by atoms with van der Waals surface area (Å²) in [6, 6.07) is 18.4. The molecule has 0 atom stereocenters. The van der Waals surface area contributed by atoms with E-state index in [9.17, 15) is 4.79 Å². The number of rotatable bonds is 5. The molecule has 0 aliphatic carbocycles. The van der Waals surface area contributed by atoms with Crippen LogP contribution in [0.25, 0.3) is 0 Å². The van der Waals surface area contributed by atoms with E-state index in [0.29, 0.717) is 18.1 Å². The second kappa shape index (κ2) is 7.65. The first-order chi connectivity index (χ1) is 13.3. The first kappa shape index (κ1) is 16.7. The maximum atomic E-state index is 12.0. The number of hydrogen-bond donors (Lipinski definition) is 3. The number of nitrogens with one attached hydrogen (secondary N) is 3. The summed E-state index contributed by atoms with van der Waals surface area (Å²) in [6.07, 6.45) is 1.60. The van der Waals surface area contributed by atoms with Gasteiger partial charge >= 0.3 is 6.03 Å². The van der Waals surface area contributed by atoms with Crippen LogP contribution < -0.4 is 25.4 Å². The highest BCUT2D eigenvalue weighted by Gasteiger charge is 2.13. The number of carbonyl (C=O) groups is 1. The molecule has 0 saturated carbocycles. The van der Waals surface area contributed by atoms with Gasteiger partial charge in [0.05, 0.1) is 11.9 Å². The summed E-state index contributed by atoms with van der Waals surface area (Å²) in [6.45, 7) is 0.866. The van der Waals surface area contributed by atoms with Crippen LogP contribution in [-0.2, 0) is 6.54 Å². The standard InChI is InChI=1S/C20H18N4O3/c25-20(23-15-4-2-1-3-5-15)24-16-7-9-19(22-12-16)21-11-14-6-8-17-18(10-14)27-13-26-17/h1-10,12H,11,13H2,(H,21,22)(H2,23,24,25). The van der Waals surface area contributed by atoms with Crippen molar-refractivity contribution < 1.29 is 14.3 Å². The Morgan fingerprint density at radius 2 is 1.74 bits per heavy atom. The molecule has 0 radical (unpaired) electrons. The Morgan fingerprint density at radius 3 is 2.56 bits per heavy atom. The summed E-state index contributed by atoms with van der Waals surface area (Å²) in [5, 5.41) is 8.74. The van der Waals surface area contributed by atoms with E-state index in [0.717, 1.165) is 22.7 Å². The van der Waals surface area contributed by atoms with Gasteiger partial charge in [-0.3, -0.25) is 0 Å². The van der Waals surface area contributed by atoms with Crippen LogP contribution in [0.5, 0.6) is 11.5 Å². The zero-order chi connectivity index (χ0) is 18.5. The molecule has 0 fully saturated rings. The molecular formula is C20H18N4O3. The van der Waals surface area contributed by atoms with Crippen molar-refractivity contribution in [2.24, 2.45) is 0 Å². The molecule has 27 heavy (non-hydrogen) atoms. The molecule has 0 bridgehead atoms. The van der Waals surface area contributed by atoms with Crippen molar-refractivity contribution in [3.8, 4) is 11.5 Å². The molecule has 1 aromatic heterocycles. The van der Waals surface area contributed by atoms with Crippen LogP contribution in [-0.4, -0.2) is 17.8 Å². The zero-order valence-corrected chi connectivity index (χ0v) is 14.4. The minimum Gasteiger partial charge on any atom is -0.454 e. The number of fused-ring (bicyclic) bond motifs is 1. The molecule has 1 aliphatic heterocycles. The number of carbonyl (C=O) groups excluding carboxylic acids is 1. The number of benzene rings is 2. The van der Waals surface area contributed by atoms with E-state index in [-0.39, 0.29) is 12.8 Å². The van der Waals surface area contributed by atoms with E-state index >= 15 is 0 Å². The van der Waals surface area contributed by atoms with Gasteiger partial charge in [0.15, 0.2) is 11.5 Å². The fourth-order valence-corrected chi connectivity index (χ4v) is 2.63. The van der Waals surface area contributed by atoms with E-state index in [2.05, 4.69) is 20.9 Å². The quantitative estimate of drug-likeness (QED) is 0.637. The van der Waals surface area contributed by atoms with Crippen LogP contribution >= 0.6 is 0 Å². The van der Waals surface area contributed by atoms with Crippen LogP contribution in [0.1, 0.15) is 5.56 Å². The maximum absolute atomic E-state index is 12.0. The van der Waals surface area contributed by atoms with Crippen LogP contribution in [0.15, 0.2) is 66.9 Å². The van der Waals surface area contributed by atoms with Gasteiger partial charge < -0.3 is 25.4 Å². The summed E-state index contributed by atoms with van der Waals surface area (Å²) in [4.78, 5) is 16.3. The number of urea groups is 1. The molecule has 2 aromatic carbocycles. The zero-order valence-electron chi connectivity index (χ0n) is 14.4. The third kappa shape index (κ3) is 4.27. The number of ether oxygens (including phenoxy) is 2. The molecule has 3 N–H and O–H groups in total. The predicted octanol–water partition coefficient (Wildman–Crippen LogP) is 4.07. The highest BCUT2D eigenvalue weighted by atomic mass is 16.7. The van der Waals surface area contributed by atoms with Gasteiger partial charge in [-0.1, -0.05) is 24.3 Å². The number of nitrogens with zero attached hydrogens (tertiary/aromatic N) is 1. The molecule has 0 spiro atoms. The van der Waals surface area contributed by atoms with E-state index in [1.807, 2.05) is 54.6 Å². The van der Waals surface area contributed by atoms with Crippen molar-refractivity contribution in [1.82, 2.24) is 4.98 Å². The second-order valence-corrected chi connectivity index (χ2v) is 5.92. The summed E-state index contributed by atoms with van der Waals surface area (Å²) in [5.74, 6) is 2.23. The first-order valence-corrected chi connectivity index (χ1v) is 8.48. The number of anilines is 3. The lowest BCUT2D eigenvalue weighted by Crippen LogP contribution is -2.19. The molecule has 2 heterocycles. The van der Waals surface area contributed by atoms with Crippen molar-refractivity contribution in [3.63, 3.8) is 0 Å². The van der Waals surface area contributed by atoms with E-state index < -0.39 is 0 Å². The number of hydrogen-bond acceptors (Lipinski definition) is 5. The van der Waals surface area contributed by atoms with Gasteiger partial charge in [-0.05, 0) is 42.0 Å². The molecule has 7 nitrogen and oxygen atoms in total. The van der Waals surface area contributed by atoms with Gasteiger partial charge in [0.2, 0.25) is 6.79 Å². The molecule has 136 valence electrons. The number of pyridine rings is 1. The predicted molar refractivity (Wildman–Crippen MR) is 103 cm³/mol. The Bertz CT molecular complexity index is 930. The lowest BCUT2D eigenvalue weighted by Gasteiger charge is -2.09. The Morgan fingerprint density at radius 1 is 0.926 bits per heavy atom. The number of amides is 2. The van der Waals surface area contributed by atoms with Gasteiger partial charge in [-0.2, -0.15) is 0 Å². The lowest BCUT2D eigenvalue weighted by atomic mass is 10.2. The van der Waals surface area contributed by atoms with Gasteiger partial charge in [0.1, 0.15) is 5.82 Å². The first-order valence-electron chi connectivity index (χ1n) is 8.48. The second-order valence-electron chi connectivity index (χ2n) is 5.92. The summed E-state index contributed by atoms with van der Waals surface area (Å²) >= 11 is 0. The summed E-state index contributed by atoms with van der Waals surface area (Å²) < 4.78 is 10.7. The highest BCUT2D eigenvalue weighted by Crippen LogP contribution is 2.32. The van der Waals surface area contributed by atoms with Gasteiger partial charge in [-0.15, -0.1) is 0 Å². The molecular weight excluding hydrogens is 344 g/mol. The van der Waals surface area contributed by atoms with Crippen molar-refractivity contribution in [3.05, 3.63) is 72.4 Å². The maximum Gasteiger partial charge on any atom is 0.323 e. The molecule has 1 aliphatic rings. The van der Waals surface area contributed by atoms with E-state index in [1.165, 1.54) is 0 Å². The fraction of sp³-hybridized carbons (Fsp3) is 0.100. The van der Waals surface area contributed by atoms with Crippen LogP contribution in [0.3, 0.4) is 0 Å². The monoisotopic (exact) mass is 362 g/mol. The molecule has 3 aromatic rings. The molecule has 0 saturated heterocycles. The van der Waals surface area contributed by atoms with Crippen molar-refractivity contribution in [1.29, 1.82) is 0 Å². The molecule has 7 heteroatoms. The average molecular weight is 362 g/mol. The third-order valence-corrected chi connectivity index (χ3v) is 3.96. The van der Waals surface area contributed by atoms with E-state index in [1.54, 1.807) is 12.3 Å². The molecule has 2 amide bonds. The smallest absolute Gasteiger partial charge is 0.323 e. The van der Waals surface area contributed by atoms with Crippen molar-refractivity contribution in [2.45, 2.75) is 6.54 Å². The van der Waals surface area contributed by atoms with Crippen molar-refractivity contribution in [2.75, 3.05) is 22.7 Å². The van der Waals surface area contributed by atoms with Gasteiger partial charge in [0.25, 0.3) is 0 Å². The lowest BCUT2D eigenvalue weighted by molar-refractivity contribution is 0.174. The number of aromatic nitrogens is 1. The highest BCUT2D eigenvalue weighted by molar-refractivity contribution is 5.99. The van der Waals surface area contributed by atoms with Crippen molar-refractivity contribution >= 4 is 23.2 Å². The third-order valence-electron chi connectivity index (χ3n) is 3.96. The normalized spacial score (nSPS) is 11.7. The Labute approximate surface area is 156 Å².